The maximum absolute atomic E-state index is 6.05. The molecule has 1 aromatic heterocycles. The Bertz CT molecular complexity index is 536. The molecule has 0 amide bonds. The molecule has 3 rings (SSSR count). The summed E-state index contributed by atoms with van der Waals surface area (Å²) in [7, 11) is 0. The smallest absolute Gasteiger partial charge is 0.170 e. The van der Waals surface area contributed by atoms with Crippen LogP contribution in [0.5, 0.6) is 5.75 Å². The van der Waals surface area contributed by atoms with Gasteiger partial charge in [0.1, 0.15) is 0 Å². The molecule has 19 heavy (non-hydrogen) atoms. The van der Waals surface area contributed by atoms with E-state index in [-0.39, 0.29) is 0 Å². The van der Waals surface area contributed by atoms with Gasteiger partial charge in [-0.05, 0) is 31.0 Å². The summed E-state index contributed by atoms with van der Waals surface area (Å²) >= 11 is 6.05. The maximum Gasteiger partial charge on any atom is 0.170 e. The number of nitrogens with zero attached hydrogens (tertiary/aromatic N) is 2. The van der Waals surface area contributed by atoms with Crippen LogP contribution in [0.4, 0.5) is 0 Å². The molecule has 1 saturated heterocycles. The fourth-order valence-electron chi connectivity index (χ4n) is 2.22. The average molecular weight is 279 g/mol. The molecule has 0 unspecified atom stereocenters. The predicted molar refractivity (Wildman–Crippen MR) is 73.0 cm³/mol. The van der Waals surface area contributed by atoms with Crippen LogP contribution >= 0.6 is 11.6 Å². The van der Waals surface area contributed by atoms with Gasteiger partial charge in [-0.2, -0.15) is 0 Å². The lowest BCUT2D eigenvalue weighted by Gasteiger charge is -2.26. The van der Waals surface area contributed by atoms with E-state index in [1.54, 1.807) is 12.3 Å². The largest absolute Gasteiger partial charge is 0.405 e. The molecule has 0 aliphatic carbocycles. The highest BCUT2D eigenvalue weighted by Crippen LogP contribution is 2.33. The van der Waals surface area contributed by atoms with Gasteiger partial charge in [0, 0.05) is 24.2 Å². The van der Waals surface area contributed by atoms with Gasteiger partial charge in [-0.3, -0.25) is 0 Å². The molecule has 0 radical (unpaired) electrons. The minimum atomic E-state index is 0.650. The van der Waals surface area contributed by atoms with Gasteiger partial charge in [0.05, 0.1) is 11.8 Å². The summed E-state index contributed by atoms with van der Waals surface area (Å²) in [6, 6.07) is 7.32. The zero-order valence-electron chi connectivity index (χ0n) is 10.5. The Morgan fingerprint density at radius 1 is 1.16 bits per heavy atom. The van der Waals surface area contributed by atoms with Crippen molar-refractivity contribution in [2.75, 3.05) is 13.1 Å². The van der Waals surface area contributed by atoms with Crippen LogP contribution in [0.1, 0.15) is 19.3 Å². The van der Waals surface area contributed by atoms with Crippen molar-refractivity contribution in [1.29, 1.82) is 0 Å². The van der Waals surface area contributed by atoms with E-state index in [0.29, 0.717) is 10.8 Å². The number of hydroxylamine groups is 2. The SMILES string of the molecule is Clc1ccc(ON2CCCCC2)c(-c2ccno2)c1. The van der Waals surface area contributed by atoms with Crippen molar-refractivity contribution in [3.63, 3.8) is 0 Å². The summed E-state index contributed by atoms with van der Waals surface area (Å²) in [5, 5.41) is 6.37. The van der Waals surface area contributed by atoms with Gasteiger partial charge >= 0.3 is 0 Å². The first-order valence-electron chi connectivity index (χ1n) is 6.46. The molecular formula is C14H15ClN2O2. The Hall–Kier alpha value is -1.52. The van der Waals surface area contributed by atoms with Crippen LogP contribution in [0.3, 0.4) is 0 Å². The average Bonchev–Trinajstić information content (AvgIpc) is 2.96. The van der Waals surface area contributed by atoms with Crippen molar-refractivity contribution in [3.05, 3.63) is 35.5 Å². The molecule has 1 fully saturated rings. The van der Waals surface area contributed by atoms with Crippen molar-refractivity contribution in [3.8, 4) is 17.1 Å². The van der Waals surface area contributed by atoms with E-state index in [2.05, 4.69) is 5.16 Å². The second-order valence-corrected chi connectivity index (χ2v) is 5.03. The lowest BCUT2D eigenvalue weighted by atomic mass is 10.1. The number of piperidine rings is 1. The fraction of sp³-hybridized carbons (Fsp3) is 0.357. The Labute approximate surface area is 116 Å². The molecule has 2 aromatic rings. The first-order valence-corrected chi connectivity index (χ1v) is 6.84. The Morgan fingerprint density at radius 2 is 2.00 bits per heavy atom. The molecule has 1 aromatic carbocycles. The summed E-state index contributed by atoms with van der Waals surface area (Å²) in [5.74, 6) is 1.41. The third-order valence-corrected chi connectivity index (χ3v) is 3.42. The van der Waals surface area contributed by atoms with Crippen LogP contribution in [-0.4, -0.2) is 23.3 Å². The van der Waals surface area contributed by atoms with Crippen LogP contribution in [0.15, 0.2) is 35.0 Å². The molecule has 1 aliphatic rings. The van der Waals surface area contributed by atoms with E-state index in [9.17, 15) is 0 Å². The van der Waals surface area contributed by atoms with Crippen molar-refractivity contribution in [2.24, 2.45) is 0 Å². The Balaban J connectivity index is 1.87. The topological polar surface area (TPSA) is 38.5 Å². The molecule has 5 heteroatoms. The molecule has 100 valence electrons. The third-order valence-electron chi connectivity index (χ3n) is 3.19. The molecular weight excluding hydrogens is 264 g/mol. The van der Waals surface area contributed by atoms with Crippen molar-refractivity contribution in [2.45, 2.75) is 19.3 Å². The van der Waals surface area contributed by atoms with Gasteiger partial charge in [-0.1, -0.05) is 23.2 Å². The molecule has 0 atom stereocenters. The van der Waals surface area contributed by atoms with Gasteiger partial charge in [0.25, 0.3) is 0 Å². The van der Waals surface area contributed by atoms with Gasteiger partial charge in [-0.15, -0.1) is 5.06 Å². The number of hydrogen-bond donors (Lipinski definition) is 0. The van der Waals surface area contributed by atoms with E-state index in [1.165, 1.54) is 19.3 Å². The molecule has 0 N–H and O–H groups in total. The Kier molecular flexibility index (Phi) is 3.71. The zero-order valence-corrected chi connectivity index (χ0v) is 11.3. The standard InChI is InChI=1S/C14H15ClN2O2/c15-11-4-5-14(19-17-8-2-1-3-9-17)12(10-11)13-6-7-16-18-13/h4-7,10H,1-3,8-9H2. The second kappa shape index (κ2) is 5.63. The summed E-state index contributed by atoms with van der Waals surface area (Å²) < 4.78 is 5.20. The highest BCUT2D eigenvalue weighted by atomic mass is 35.5. The molecule has 0 spiro atoms. The second-order valence-electron chi connectivity index (χ2n) is 4.60. The summed E-state index contributed by atoms with van der Waals surface area (Å²) in [6.07, 6.45) is 5.23. The van der Waals surface area contributed by atoms with Crippen LogP contribution in [0.2, 0.25) is 5.02 Å². The van der Waals surface area contributed by atoms with Gasteiger partial charge in [0.15, 0.2) is 11.5 Å². The number of benzene rings is 1. The minimum absolute atomic E-state index is 0.650. The zero-order chi connectivity index (χ0) is 13.1. The van der Waals surface area contributed by atoms with E-state index >= 15 is 0 Å². The molecule has 1 aliphatic heterocycles. The number of rotatable bonds is 3. The fourth-order valence-corrected chi connectivity index (χ4v) is 2.40. The minimum Gasteiger partial charge on any atom is -0.405 e. The van der Waals surface area contributed by atoms with Crippen molar-refractivity contribution < 1.29 is 9.36 Å². The van der Waals surface area contributed by atoms with Crippen LogP contribution in [0.25, 0.3) is 11.3 Å². The Morgan fingerprint density at radius 3 is 2.74 bits per heavy atom. The van der Waals surface area contributed by atoms with E-state index in [1.807, 2.05) is 23.3 Å². The first-order chi connectivity index (χ1) is 9.33. The van der Waals surface area contributed by atoms with Crippen LogP contribution in [-0.2, 0) is 0 Å². The quantitative estimate of drug-likeness (QED) is 0.856. The van der Waals surface area contributed by atoms with Gasteiger partial charge in [-0.25, -0.2) is 0 Å². The van der Waals surface area contributed by atoms with Crippen molar-refractivity contribution >= 4 is 11.6 Å². The van der Waals surface area contributed by atoms with E-state index in [4.69, 9.17) is 21.0 Å². The molecule has 4 nitrogen and oxygen atoms in total. The normalized spacial score (nSPS) is 16.5. The lowest BCUT2D eigenvalue weighted by molar-refractivity contribution is -0.0715. The summed E-state index contributed by atoms with van der Waals surface area (Å²) in [5.41, 5.74) is 0.829. The van der Waals surface area contributed by atoms with Crippen LogP contribution < -0.4 is 4.84 Å². The highest BCUT2D eigenvalue weighted by molar-refractivity contribution is 6.30. The van der Waals surface area contributed by atoms with Gasteiger partial charge < -0.3 is 9.36 Å². The van der Waals surface area contributed by atoms with Crippen LogP contribution in [0, 0.1) is 0 Å². The molecule has 0 saturated carbocycles. The van der Waals surface area contributed by atoms with E-state index in [0.717, 1.165) is 24.4 Å². The number of halogens is 1. The van der Waals surface area contributed by atoms with E-state index < -0.39 is 0 Å². The summed E-state index contributed by atoms with van der Waals surface area (Å²) in [4.78, 5) is 5.95. The summed E-state index contributed by atoms with van der Waals surface area (Å²) in [6.45, 7) is 1.91. The monoisotopic (exact) mass is 278 g/mol. The first kappa shape index (κ1) is 12.5. The highest BCUT2D eigenvalue weighted by Gasteiger charge is 2.16. The predicted octanol–water partition coefficient (Wildman–Crippen LogP) is 3.77. The van der Waals surface area contributed by atoms with Gasteiger partial charge in [0.2, 0.25) is 0 Å². The number of hydrogen-bond acceptors (Lipinski definition) is 4. The lowest BCUT2D eigenvalue weighted by Crippen LogP contribution is -2.32. The third kappa shape index (κ3) is 2.91. The molecule has 0 bridgehead atoms. The van der Waals surface area contributed by atoms with Crippen molar-refractivity contribution in [1.82, 2.24) is 10.2 Å². The molecule has 2 heterocycles. The maximum atomic E-state index is 6.05. The number of aromatic nitrogens is 1.